The number of amides is 2. The number of primary amides is 1. The Hall–Kier alpha value is -6.74. The second-order valence-corrected chi connectivity index (χ2v) is 17.1. The molecule has 3 atom stereocenters. The molecular weight excluding hydrogens is 817 g/mol. The number of benzene rings is 2. The minimum Gasteiger partial charge on any atom is -0.451 e. The number of carbonyl (C=O) groups is 4. The summed E-state index contributed by atoms with van der Waals surface area (Å²) in [6, 6.07) is 9.67. The summed E-state index contributed by atoms with van der Waals surface area (Å²) in [6.07, 6.45) is 10.3. The molecule has 64 heavy (non-hydrogen) atoms. The summed E-state index contributed by atoms with van der Waals surface area (Å²) in [4.78, 5) is 63.8. The molecule has 2 aromatic heterocycles. The third kappa shape index (κ3) is 9.89. The van der Waals surface area contributed by atoms with Crippen molar-refractivity contribution in [1.29, 1.82) is 0 Å². The lowest BCUT2D eigenvalue weighted by molar-refractivity contribution is -0.118. The van der Waals surface area contributed by atoms with Gasteiger partial charge in [-0.1, -0.05) is 37.0 Å². The van der Waals surface area contributed by atoms with Crippen LogP contribution in [0.5, 0.6) is 0 Å². The predicted molar refractivity (Wildman–Crippen MR) is 237 cm³/mol. The Labute approximate surface area is 371 Å². The third-order valence-corrected chi connectivity index (χ3v) is 12.0. The van der Waals surface area contributed by atoms with E-state index in [2.05, 4.69) is 66.5 Å². The Balaban J connectivity index is 0.877. The highest BCUT2D eigenvalue weighted by molar-refractivity contribution is 6.00. The molecular formula is C47H52N10O7. The lowest BCUT2D eigenvalue weighted by atomic mass is 9.94. The summed E-state index contributed by atoms with van der Waals surface area (Å²) in [5.41, 5.74) is 10.0. The van der Waals surface area contributed by atoms with Crippen molar-refractivity contribution < 1.29 is 33.4 Å². The number of esters is 1. The van der Waals surface area contributed by atoms with Crippen LogP contribution in [0, 0.1) is 17.8 Å². The molecule has 0 radical (unpaired) electrons. The van der Waals surface area contributed by atoms with Gasteiger partial charge in [0, 0.05) is 80.7 Å². The van der Waals surface area contributed by atoms with Gasteiger partial charge < -0.3 is 45.2 Å². The number of nitrogens with zero attached hydrogens (tertiary/aromatic N) is 7. The molecule has 2 aromatic carbocycles. The second-order valence-electron chi connectivity index (χ2n) is 17.1. The number of aromatic nitrogens is 4. The minimum atomic E-state index is -0.767. The van der Waals surface area contributed by atoms with E-state index in [9.17, 15) is 24.3 Å². The maximum atomic E-state index is 13.0. The van der Waals surface area contributed by atoms with Crippen molar-refractivity contribution in [3.63, 3.8) is 0 Å². The summed E-state index contributed by atoms with van der Waals surface area (Å²) in [7, 11) is 0. The van der Waals surface area contributed by atoms with E-state index in [1.54, 1.807) is 24.4 Å². The fourth-order valence-corrected chi connectivity index (χ4v) is 8.40. The molecule has 3 unspecified atom stereocenters. The Morgan fingerprint density at radius 1 is 1.08 bits per heavy atom. The van der Waals surface area contributed by atoms with Crippen LogP contribution in [0.3, 0.4) is 0 Å². The first kappa shape index (κ1) is 43.9. The molecule has 17 nitrogen and oxygen atoms in total. The first-order valence-electron chi connectivity index (χ1n) is 21.6. The molecule has 5 heterocycles. The standard InChI is InChI=1S/C47H52N10O7/c1-29-6-4-8-31(22-29)39(28-59)51-42-37(25-49-46(52-42)50-33-10-13-36-38(24-33)47(2,3)64-45(36)62)43-54-53-41(63-43)15-17-56-20-18-55(19-21-56)16-5-7-30-9-12-35-32(23-30)26-57(44(35)61)34(27-58)11-14-40(48)60/h4,8-10,12-13,22-25,27,29,34,39,59H,6,11,14-21,26,28H2,1-3H3,(H2,48,60)(H2,49,50,51,52). The number of hydrogen-bond acceptors (Lipinski definition) is 15. The predicted octanol–water partition coefficient (Wildman–Crippen LogP) is 3.97. The number of aliphatic hydroxyl groups excluding tert-OH is 1. The van der Waals surface area contributed by atoms with Crippen molar-refractivity contribution in [2.75, 3.05) is 56.5 Å². The third-order valence-electron chi connectivity index (χ3n) is 12.0. The molecule has 3 aliphatic heterocycles. The number of fused-ring (bicyclic) bond motifs is 2. The van der Waals surface area contributed by atoms with Crippen LogP contribution in [0.15, 0.2) is 70.8 Å². The lowest BCUT2D eigenvalue weighted by Crippen LogP contribution is -2.46. The average molecular weight is 869 g/mol. The van der Waals surface area contributed by atoms with Crippen LogP contribution in [0.1, 0.15) is 83.3 Å². The Morgan fingerprint density at radius 3 is 2.64 bits per heavy atom. The lowest BCUT2D eigenvalue weighted by Gasteiger charge is -2.33. The summed E-state index contributed by atoms with van der Waals surface area (Å²) in [5.74, 6) is 7.14. The van der Waals surface area contributed by atoms with Gasteiger partial charge in [0.2, 0.25) is 17.7 Å². The van der Waals surface area contributed by atoms with Gasteiger partial charge in [0.25, 0.3) is 11.8 Å². The first-order chi connectivity index (χ1) is 30.9. The molecule has 2 amide bonds. The molecule has 1 aliphatic carbocycles. The highest BCUT2D eigenvalue weighted by atomic mass is 16.6. The van der Waals surface area contributed by atoms with E-state index in [-0.39, 0.29) is 49.7 Å². The van der Waals surface area contributed by atoms with Crippen LogP contribution in [0.4, 0.5) is 17.5 Å². The number of cyclic esters (lactones) is 1. The molecule has 17 heteroatoms. The van der Waals surface area contributed by atoms with Gasteiger partial charge in [0.05, 0.1) is 36.4 Å². The number of nitrogens with two attached hydrogens (primary N) is 1. The van der Waals surface area contributed by atoms with Gasteiger partial charge in [0.15, 0.2) is 0 Å². The van der Waals surface area contributed by atoms with Crippen LogP contribution in [-0.2, 0) is 32.9 Å². The van der Waals surface area contributed by atoms with Crippen LogP contribution in [0.2, 0.25) is 0 Å². The summed E-state index contributed by atoms with van der Waals surface area (Å²) in [6.45, 7) is 10.6. The molecule has 0 saturated carbocycles. The highest BCUT2D eigenvalue weighted by Gasteiger charge is 2.38. The molecule has 0 spiro atoms. The highest BCUT2D eigenvalue weighted by Crippen LogP contribution is 2.38. The molecule has 0 bridgehead atoms. The zero-order chi connectivity index (χ0) is 45.0. The van der Waals surface area contributed by atoms with Crippen molar-refractivity contribution in [2.24, 2.45) is 11.7 Å². The summed E-state index contributed by atoms with van der Waals surface area (Å²) in [5, 5.41) is 25.9. The molecule has 4 aliphatic rings. The monoisotopic (exact) mass is 868 g/mol. The minimum absolute atomic E-state index is 0.0315. The molecule has 8 rings (SSSR count). The molecule has 1 saturated heterocycles. The van der Waals surface area contributed by atoms with E-state index in [0.29, 0.717) is 59.3 Å². The topological polar surface area (TPSA) is 222 Å². The fourth-order valence-electron chi connectivity index (χ4n) is 8.40. The molecule has 5 N–H and O–H groups in total. The number of piperazine rings is 1. The first-order valence-corrected chi connectivity index (χ1v) is 21.6. The number of aldehydes is 1. The van der Waals surface area contributed by atoms with Crippen LogP contribution in [-0.4, -0.2) is 122 Å². The maximum Gasteiger partial charge on any atom is 0.339 e. The van der Waals surface area contributed by atoms with Gasteiger partial charge in [-0.2, -0.15) is 4.98 Å². The molecule has 4 aromatic rings. The van der Waals surface area contributed by atoms with Crippen LogP contribution in [0.25, 0.3) is 11.5 Å². The summed E-state index contributed by atoms with van der Waals surface area (Å²) < 4.78 is 11.8. The number of nitrogens with one attached hydrogen (secondary N) is 2. The largest absolute Gasteiger partial charge is 0.451 e. The zero-order valence-electron chi connectivity index (χ0n) is 36.2. The fraction of sp³-hybridized carbons (Fsp3) is 0.404. The second kappa shape index (κ2) is 18.9. The average Bonchev–Trinajstić information content (AvgIpc) is 3.95. The van der Waals surface area contributed by atoms with Crippen molar-refractivity contribution in [1.82, 2.24) is 34.9 Å². The van der Waals surface area contributed by atoms with Crippen LogP contribution < -0.4 is 16.4 Å². The number of ether oxygens (including phenoxy) is 1. The van der Waals surface area contributed by atoms with Gasteiger partial charge in [0.1, 0.15) is 17.7 Å². The van der Waals surface area contributed by atoms with Gasteiger partial charge in [-0.3, -0.25) is 14.5 Å². The Morgan fingerprint density at radius 2 is 1.88 bits per heavy atom. The van der Waals surface area contributed by atoms with E-state index in [1.165, 1.54) is 4.90 Å². The van der Waals surface area contributed by atoms with E-state index in [0.717, 1.165) is 61.4 Å². The number of aliphatic hydroxyl groups is 1. The van der Waals surface area contributed by atoms with Crippen molar-refractivity contribution in [3.05, 3.63) is 100 Å². The Kier molecular flexibility index (Phi) is 13.0. The van der Waals surface area contributed by atoms with Crippen molar-refractivity contribution in [3.8, 4) is 23.3 Å². The van der Waals surface area contributed by atoms with Gasteiger partial charge in [-0.25, -0.2) is 9.78 Å². The van der Waals surface area contributed by atoms with Gasteiger partial charge in [-0.15, -0.1) is 10.2 Å². The quantitative estimate of drug-likeness (QED) is 0.0711. The number of anilines is 3. The number of hydrogen-bond donors (Lipinski definition) is 4. The molecule has 332 valence electrons. The number of rotatable bonds is 16. The smallest absolute Gasteiger partial charge is 0.339 e. The van der Waals surface area contributed by atoms with E-state index >= 15 is 0 Å². The van der Waals surface area contributed by atoms with Crippen LogP contribution >= 0.6 is 0 Å². The number of allylic oxidation sites excluding steroid dienone is 2. The Bertz CT molecular complexity index is 2570. The SMILES string of the molecule is CC1C=C(C(CO)Nc2nc(Nc3ccc4c(c3)C(C)(C)OC4=O)ncc2-c2nnc(CCN3CCN(CC#Cc4ccc5c(c4)CN(C(C=O)CCC(N)=O)C5=O)CC3)o2)C=CC1. The van der Waals surface area contributed by atoms with Crippen molar-refractivity contribution in [2.45, 2.75) is 70.7 Å². The van der Waals surface area contributed by atoms with Gasteiger partial charge in [-0.05, 0) is 80.1 Å². The molecule has 1 fully saturated rings. The van der Waals surface area contributed by atoms with E-state index in [1.807, 2.05) is 38.1 Å². The maximum absolute atomic E-state index is 13.0. The zero-order valence-corrected chi connectivity index (χ0v) is 36.2. The van der Waals surface area contributed by atoms with E-state index in [4.69, 9.17) is 19.9 Å². The van der Waals surface area contributed by atoms with Crippen molar-refractivity contribution >= 4 is 41.5 Å². The normalized spacial score (nSPS) is 18.9. The van der Waals surface area contributed by atoms with E-state index < -0.39 is 23.6 Å². The number of carbonyl (C=O) groups excluding carboxylic acids is 4. The van der Waals surface area contributed by atoms with Gasteiger partial charge >= 0.3 is 5.97 Å². The summed E-state index contributed by atoms with van der Waals surface area (Å²) >= 11 is 0.